The number of hydrogen-bond donors (Lipinski definition) is 1. The highest BCUT2D eigenvalue weighted by atomic mass is 35.5. The minimum atomic E-state index is -1.45. The van der Waals surface area contributed by atoms with Gasteiger partial charge in [0.15, 0.2) is 5.78 Å². The number of carbonyl (C=O) groups is 5. The summed E-state index contributed by atoms with van der Waals surface area (Å²) in [5, 5.41) is 11.0. The Hall–Kier alpha value is -4.83. The van der Waals surface area contributed by atoms with Crippen LogP contribution in [0.15, 0.2) is 72.3 Å². The molecule has 1 N–H and O–H groups in total. The van der Waals surface area contributed by atoms with Gasteiger partial charge < -0.3 is 9.84 Å². The maximum absolute atomic E-state index is 14.6. The molecule has 1 saturated carbocycles. The lowest BCUT2D eigenvalue weighted by molar-refractivity contribution is -0.131. The maximum atomic E-state index is 14.6. The number of benzene rings is 3. The molecule has 0 bridgehead atoms. The van der Waals surface area contributed by atoms with Crippen molar-refractivity contribution >= 4 is 52.4 Å². The molecule has 3 aromatic carbocycles. The van der Waals surface area contributed by atoms with Crippen LogP contribution in [0.4, 0.5) is 15.8 Å². The molecule has 2 heterocycles. The minimum absolute atomic E-state index is 0.0854. The first kappa shape index (κ1) is 30.8. The number of amides is 4. The van der Waals surface area contributed by atoms with E-state index >= 15 is 0 Å². The Balaban J connectivity index is 1.37. The average molecular weight is 657 g/mol. The highest BCUT2D eigenvalue weighted by Gasteiger charge is 2.68. The van der Waals surface area contributed by atoms with Gasteiger partial charge in [-0.3, -0.25) is 28.9 Å². The highest BCUT2D eigenvalue weighted by Crippen LogP contribution is 2.65. The molecule has 7 rings (SSSR count). The molecular weight excluding hydrogens is 627 g/mol. The number of aromatic hydroxyl groups is 1. The van der Waals surface area contributed by atoms with Gasteiger partial charge in [0.25, 0.3) is 0 Å². The summed E-state index contributed by atoms with van der Waals surface area (Å²) in [4.78, 5) is 71.0. The molecule has 2 aliphatic heterocycles. The van der Waals surface area contributed by atoms with Crippen molar-refractivity contribution in [2.24, 2.45) is 29.1 Å². The lowest BCUT2D eigenvalue weighted by atomic mass is 9.51. The molecule has 0 spiro atoms. The van der Waals surface area contributed by atoms with Crippen LogP contribution in [-0.2, 0) is 19.2 Å². The van der Waals surface area contributed by atoms with Crippen LogP contribution in [0, 0.1) is 34.9 Å². The molecular formula is C36H30ClFN2O7. The van der Waals surface area contributed by atoms with Crippen LogP contribution in [0.2, 0.25) is 5.02 Å². The van der Waals surface area contributed by atoms with Gasteiger partial charge in [-0.2, -0.15) is 0 Å². The number of carbonyl (C=O) groups excluding carboxylic acids is 5. The molecule has 2 saturated heterocycles. The number of allylic oxidation sites excluding steroid dienone is 2. The van der Waals surface area contributed by atoms with E-state index in [9.17, 15) is 33.5 Å². The summed E-state index contributed by atoms with van der Waals surface area (Å²) >= 11 is 6.06. The molecule has 240 valence electrons. The van der Waals surface area contributed by atoms with Gasteiger partial charge in [0.05, 0.1) is 46.7 Å². The van der Waals surface area contributed by atoms with Gasteiger partial charge >= 0.3 is 0 Å². The Labute approximate surface area is 274 Å². The van der Waals surface area contributed by atoms with E-state index in [-0.39, 0.29) is 41.0 Å². The summed E-state index contributed by atoms with van der Waals surface area (Å²) in [5.41, 5.74) is 0.397. The zero-order valence-corrected chi connectivity index (χ0v) is 26.5. The quantitative estimate of drug-likeness (QED) is 0.208. The van der Waals surface area contributed by atoms with Gasteiger partial charge in [-0.05, 0) is 87.2 Å². The second-order valence-corrected chi connectivity index (χ2v) is 13.2. The van der Waals surface area contributed by atoms with Crippen LogP contribution in [0.25, 0.3) is 0 Å². The third-order valence-electron chi connectivity index (χ3n) is 10.5. The van der Waals surface area contributed by atoms with E-state index in [1.54, 1.807) is 43.3 Å². The van der Waals surface area contributed by atoms with E-state index in [4.69, 9.17) is 16.3 Å². The average Bonchev–Trinajstić information content (AvgIpc) is 3.42. The fraction of sp³-hybridized carbons (Fsp3) is 0.306. The third-order valence-corrected chi connectivity index (χ3v) is 10.8. The van der Waals surface area contributed by atoms with Crippen molar-refractivity contribution < 1.29 is 38.2 Å². The van der Waals surface area contributed by atoms with Gasteiger partial charge in [-0.25, -0.2) is 9.29 Å². The van der Waals surface area contributed by atoms with Crippen LogP contribution >= 0.6 is 11.6 Å². The normalized spacial score (nSPS) is 28.2. The first-order chi connectivity index (χ1) is 22.4. The Morgan fingerprint density at radius 2 is 1.66 bits per heavy atom. The van der Waals surface area contributed by atoms with Crippen molar-refractivity contribution in [1.29, 1.82) is 0 Å². The summed E-state index contributed by atoms with van der Waals surface area (Å²) in [6.07, 6.45) is 2.16. The number of rotatable bonds is 5. The lowest BCUT2D eigenvalue weighted by Gasteiger charge is -2.49. The van der Waals surface area contributed by atoms with E-state index < -0.39 is 58.5 Å². The molecule has 6 atom stereocenters. The van der Waals surface area contributed by atoms with Crippen molar-refractivity contribution in [1.82, 2.24) is 0 Å². The molecule has 3 aromatic rings. The molecule has 6 unspecified atom stereocenters. The number of nitrogens with zero attached hydrogens (tertiary/aromatic N) is 2. The molecule has 0 radical (unpaired) electrons. The van der Waals surface area contributed by atoms with Gasteiger partial charge in [0, 0.05) is 17.0 Å². The van der Waals surface area contributed by atoms with Crippen LogP contribution in [0.5, 0.6) is 11.5 Å². The predicted molar refractivity (Wildman–Crippen MR) is 170 cm³/mol. The largest absolute Gasteiger partial charge is 0.508 e. The predicted octanol–water partition coefficient (Wildman–Crippen LogP) is 5.83. The second kappa shape index (κ2) is 10.9. The molecule has 9 nitrogen and oxygen atoms in total. The molecule has 3 fully saturated rings. The van der Waals surface area contributed by atoms with E-state index in [1.807, 2.05) is 6.08 Å². The number of fused-ring (bicyclic) bond motifs is 4. The summed E-state index contributed by atoms with van der Waals surface area (Å²) in [7, 11) is 1.44. The molecule has 4 aliphatic rings. The highest BCUT2D eigenvalue weighted by molar-refractivity contribution is 6.32. The maximum Gasteiger partial charge on any atom is 0.241 e. The van der Waals surface area contributed by atoms with Gasteiger partial charge in [-0.15, -0.1) is 0 Å². The van der Waals surface area contributed by atoms with Crippen LogP contribution in [0.3, 0.4) is 0 Å². The van der Waals surface area contributed by atoms with Gasteiger partial charge in [0.1, 0.15) is 17.3 Å². The number of phenolic OH excluding ortho intramolecular Hbond substituents is 1. The zero-order valence-electron chi connectivity index (χ0n) is 25.7. The summed E-state index contributed by atoms with van der Waals surface area (Å²) < 4.78 is 19.8. The molecule has 4 amide bonds. The third kappa shape index (κ3) is 4.30. The topological polar surface area (TPSA) is 121 Å². The monoisotopic (exact) mass is 656 g/mol. The summed E-state index contributed by atoms with van der Waals surface area (Å²) in [6, 6.07) is 14.6. The summed E-state index contributed by atoms with van der Waals surface area (Å²) in [6.45, 7) is 3.10. The van der Waals surface area contributed by atoms with Crippen molar-refractivity contribution in [3.8, 4) is 11.5 Å². The van der Waals surface area contributed by atoms with Gasteiger partial charge in [-0.1, -0.05) is 29.3 Å². The van der Waals surface area contributed by atoms with Crippen molar-refractivity contribution in [2.45, 2.75) is 32.6 Å². The Bertz CT molecular complexity index is 1940. The number of phenols is 1. The van der Waals surface area contributed by atoms with Crippen LogP contribution in [0.1, 0.15) is 48.5 Å². The molecule has 47 heavy (non-hydrogen) atoms. The second-order valence-electron chi connectivity index (χ2n) is 12.8. The van der Waals surface area contributed by atoms with Gasteiger partial charge in [0.2, 0.25) is 23.6 Å². The van der Waals surface area contributed by atoms with E-state index in [1.165, 1.54) is 32.2 Å². The number of Topliss-reactive ketones (excluding diaryl/α,β-unsaturated/α-hetero) is 1. The lowest BCUT2D eigenvalue weighted by Crippen LogP contribution is -2.49. The zero-order chi connectivity index (χ0) is 33.5. The first-order valence-electron chi connectivity index (χ1n) is 15.3. The number of hydrogen-bond acceptors (Lipinski definition) is 7. The number of imide groups is 2. The van der Waals surface area contributed by atoms with Crippen molar-refractivity contribution in [3.05, 3.63) is 94.3 Å². The van der Waals surface area contributed by atoms with Crippen LogP contribution in [-0.4, -0.2) is 41.6 Å². The molecule has 2 aliphatic carbocycles. The molecule has 0 aromatic heterocycles. The molecule has 11 heteroatoms. The number of methoxy groups -OCH3 is 1. The Morgan fingerprint density at radius 1 is 0.957 bits per heavy atom. The van der Waals surface area contributed by atoms with E-state index in [0.717, 1.165) is 15.9 Å². The Morgan fingerprint density at radius 3 is 2.32 bits per heavy atom. The Kier molecular flexibility index (Phi) is 7.13. The fourth-order valence-corrected chi connectivity index (χ4v) is 8.47. The number of halogens is 2. The summed E-state index contributed by atoms with van der Waals surface area (Å²) in [5.74, 6) is -6.70. The van der Waals surface area contributed by atoms with Crippen LogP contribution < -0.4 is 14.5 Å². The van der Waals surface area contributed by atoms with Crippen molar-refractivity contribution in [3.63, 3.8) is 0 Å². The van der Waals surface area contributed by atoms with E-state index in [2.05, 4.69) is 0 Å². The number of anilines is 2. The standard InChI is InChI=1S/C36H30ClFN2O7/c1-17(41)18-7-9-19(10-8-18)39-32(43)22-13-12-21-23(29(22)34(39)45)16-24-33(44)40(20-11-14-26(38)25(37)15-20)35(46)36(24,2)31(21)30-27(42)5-4-6-28(30)47-3/h4-12,14-15,22-24,29,31,42H,13,16H2,1-3H3. The fourth-order valence-electron chi connectivity index (χ4n) is 8.29. The van der Waals surface area contributed by atoms with E-state index in [0.29, 0.717) is 28.1 Å². The SMILES string of the molecule is COc1cccc(O)c1C1C2=CCC3C(=O)N(c4ccc(C(C)=O)cc4)C(=O)C3C2CC2C(=O)N(c3ccc(F)c(Cl)c3)C(=O)C21C. The smallest absolute Gasteiger partial charge is 0.241 e. The number of ether oxygens (including phenoxy) is 1. The number of ketones is 1. The minimum Gasteiger partial charge on any atom is -0.508 e. The first-order valence-corrected chi connectivity index (χ1v) is 15.7. The van der Waals surface area contributed by atoms with Crippen molar-refractivity contribution in [2.75, 3.05) is 16.9 Å².